The van der Waals surface area contributed by atoms with Crippen LogP contribution in [0.5, 0.6) is 0 Å². The molecule has 1 N–H and O–H groups in total. The molecule has 2 rings (SSSR count). The SMILES string of the molecule is CCCCCCOC(=O)c1ccc(NC(=O)/C=C/c2ccc(Cl)cc2)cc1. The molecule has 142 valence electrons. The number of anilines is 1. The van der Waals surface area contributed by atoms with Gasteiger partial charge in [-0.05, 0) is 54.5 Å². The summed E-state index contributed by atoms with van der Waals surface area (Å²) in [4.78, 5) is 23.9. The number of nitrogens with one attached hydrogen (secondary N) is 1. The van der Waals surface area contributed by atoms with E-state index >= 15 is 0 Å². The fraction of sp³-hybridized carbons (Fsp3) is 0.273. The highest BCUT2D eigenvalue weighted by molar-refractivity contribution is 6.30. The van der Waals surface area contributed by atoms with Gasteiger partial charge in [0.1, 0.15) is 0 Å². The first-order chi connectivity index (χ1) is 13.1. The standard InChI is InChI=1S/C22H24ClNO3/c1-2-3-4-5-16-27-22(26)18-9-13-20(14-10-18)24-21(25)15-8-17-6-11-19(23)12-7-17/h6-15H,2-5,16H2,1H3,(H,24,25)/b15-8+. The molecule has 27 heavy (non-hydrogen) atoms. The number of hydrogen-bond donors (Lipinski definition) is 1. The monoisotopic (exact) mass is 385 g/mol. The molecule has 0 aromatic heterocycles. The molecule has 0 radical (unpaired) electrons. The maximum absolute atomic E-state index is 12.0. The van der Waals surface area contributed by atoms with Gasteiger partial charge < -0.3 is 10.1 Å². The molecule has 0 unspecified atom stereocenters. The van der Waals surface area contributed by atoms with E-state index in [9.17, 15) is 9.59 Å². The first-order valence-corrected chi connectivity index (χ1v) is 9.48. The smallest absolute Gasteiger partial charge is 0.338 e. The minimum Gasteiger partial charge on any atom is -0.462 e. The van der Waals surface area contributed by atoms with Gasteiger partial charge in [0.05, 0.1) is 12.2 Å². The van der Waals surface area contributed by atoms with Crippen molar-refractivity contribution in [1.82, 2.24) is 0 Å². The van der Waals surface area contributed by atoms with Crippen LogP contribution < -0.4 is 5.32 Å². The van der Waals surface area contributed by atoms with E-state index in [1.807, 2.05) is 12.1 Å². The second-order valence-corrected chi connectivity index (χ2v) is 6.58. The molecule has 0 aliphatic heterocycles. The van der Waals surface area contributed by atoms with E-state index in [4.69, 9.17) is 16.3 Å². The Hall–Kier alpha value is -2.59. The zero-order valence-electron chi connectivity index (χ0n) is 15.4. The lowest BCUT2D eigenvalue weighted by molar-refractivity contribution is -0.111. The van der Waals surface area contributed by atoms with Crippen molar-refractivity contribution in [2.24, 2.45) is 0 Å². The van der Waals surface area contributed by atoms with Crippen LogP contribution in [0.1, 0.15) is 48.5 Å². The Morgan fingerprint density at radius 2 is 1.70 bits per heavy atom. The maximum atomic E-state index is 12.0. The van der Waals surface area contributed by atoms with Gasteiger partial charge in [0.2, 0.25) is 5.91 Å². The summed E-state index contributed by atoms with van der Waals surface area (Å²) in [5, 5.41) is 3.40. The topological polar surface area (TPSA) is 55.4 Å². The predicted octanol–water partition coefficient (Wildman–Crippen LogP) is 5.73. The second-order valence-electron chi connectivity index (χ2n) is 6.15. The van der Waals surface area contributed by atoms with Crippen LogP contribution in [0.2, 0.25) is 5.02 Å². The highest BCUT2D eigenvalue weighted by Gasteiger charge is 2.07. The molecule has 5 heteroatoms. The number of unbranched alkanes of at least 4 members (excludes halogenated alkanes) is 3. The Labute approximate surface area is 165 Å². The summed E-state index contributed by atoms with van der Waals surface area (Å²) in [6, 6.07) is 13.8. The molecule has 0 aliphatic rings. The van der Waals surface area contributed by atoms with Gasteiger partial charge in [0.15, 0.2) is 0 Å². The number of rotatable bonds is 9. The van der Waals surface area contributed by atoms with Crippen LogP contribution in [0.25, 0.3) is 6.08 Å². The fourth-order valence-electron chi connectivity index (χ4n) is 2.40. The van der Waals surface area contributed by atoms with Crippen molar-refractivity contribution < 1.29 is 14.3 Å². The molecule has 1 amide bonds. The van der Waals surface area contributed by atoms with Crippen LogP contribution in [-0.4, -0.2) is 18.5 Å². The summed E-state index contributed by atoms with van der Waals surface area (Å²) in [6.45, 7) is 2.58. The third kappa shape index (κ3) is 7.67. The molecule has 4 nitrogen and oxygen atoms in total. The number of carbonyl (C=O) groups excluding carboxylic acids is 2. The molecule has 0 bridgehead atoms. The number of esters is 1. The number of ether oxygens (including phenoxy) is 1. The van der Waals surface area contributed by atoms with E-state index in [2.05, 4.69) is 12.2 Å². The third-order valence-corrected chi connectivity index (χ3v) is 4.17. The summed E-state index contributed by atoms with van der Waals surface area (Å²) < 4.78 is 5.24. The Morgan fingerprint density at radius 1 is 1.00 bits per heavy atom. The van der Waals surface area contributed by atoms with Crippen LogP contribution in [0.4, 0.5) is 5.69 Å². The number of halogens is 1. The quantitative estimate of drug-likeness (QED) is 0.340. The van der Waals surface area contributed by atoms with Gasteiger partial charge in [0, 0.05) is 16.8 Å². The van der Waals surface area contributed by atoms with Crippen molar-refractivity contribution in [1.29, 1.82) is 0 Å². The van der Waals surface area contributed by atoms with Crippen molar-refractivity contribution in [3.63, 3.8) is 0 Å². The van der Waals surface area contributed by atoms with Crippen molar-refractivity contribution in [3.8, 4) is 0 Å². The van der Waals surface area contributed by atoms with Crippen LogP contribution >= 0.6 is 11.6 Å². The Bertz CT molecular complexity index is 767. The van der Waals surface area contributed by atoms with Gasteiger partial charge in [-0.1, -0.05) is 49.9 Å². The van der Waals surface area contributed by atoms with E-state index < -0.39 is 0 Å². The zero-order chi connectivity index (χ0) is 19.5. The number of carbonyl (C=O) groups is 2. The van der Waals surface area contributed by atoms with Gasteiger partial charge >= 0.3 is 5.97 Å². The van der Waals surface area contributed by atoms with E-state index in [1.54, 1.807) is 42.5 Å². The minimum absolute atomic E-state index is 0.254. The van der Waals surface area contributed by atoms with Crippen molar-refractivity contribution in [2.45, 2.75) is 32.6 Å². The molecule has 0 fully saturated rings. The molecule has 2 aromatic carbocycles. The van der Waals surface area contributed by atoms with Gasteiger partial charge in [-0.25, -0.2) is 4.79 Å². The molecule has 0 saturated carbocycles. The number of benzene rings is 2. The highest BCUT2D eigenvalue weighted by atomic mass is 35.5. The summed E-state index contributed by atoms with van der Waals surface area (Å²) in [6.07, 6.45) is 7.40. The molecular formula is C22H24ClNO3. The van der Waals surface area contributed by atoms with Crippen molar-refractivity contribution in [2.75, 3.05) is 11.9 Å². The second kappa shape index (κ2) is 11.2. The van der Waals surface area contributed by atoms with E-state index in [0.29, 0.717) is 22.9 Å². The molecule has 0 aliphatic carbocycles. The third-order valence-electron chi connectivity index (χ3n) is 3.92. The zero-order valence-corrected chi connectivity index (χ0v) is 16.2. The van der Waals surface area contributed by atoms with Gasteiger partial charge in [-0.3, -0.25) is 4.79 Å². The van der Waals surface area contributed by atoms with E-state index in [1.165, 1.54) is 6.08 Å². The minimum atomic E-state index is -0.341. The van der Waals surface area contributed by atoms with E-state index in [-0.39, 0.29) is 11.9 Å². The molecule has 0 saturated heterocycles. The highest BCUT2D eigenvalue weighted by Crippen LogP contribution is 2.13. The number of amides is 1. The van der Waals surface area contributed by atoms with Crippen LogP contribution in [0, 0.1) is 0 Å². The van der Waals surface area contributed by atoms with Gasteiger partial charge in [-0.15, -0.1) is 0 Å². The first kappa shape index (κ1) is 20.7. The summed E-state index contributed by atoms with van der Waals surface area (Å²) >= 11 is 5.83. The van der Waals surface area contributed by atoms with Crippen molar-refractivity contribution in [3.05, 3.63) is 70.8 Å². The summed E-state index contributed by atoms with van der Waals surface area (Å²) in [5.74, 6) is -0.594. The van der Waals surface area contributed by atoms with Gasteiger partial charge in [0.25, 0.3) is 0 Å². The molecule has 0 atom stereocenters. The van der Waals surface area contributed by atoms with Crippen molar-refractivity contribution >= 4 is 35.2 Å². The Balaban J connectivity index is 1.81. The average Bonchev–Trinajstić information content (AvgIpc) is 2.68. The predicted molar refractivity (Wildman–Crippen MR) is 110 cm³/mol. The Morgan fingerprint density at radius 3 is 2.37 bits per heavy atom. The maximum Gasteiger partial charge on any atom is 0.338 e. The molecule has 0 heterocycles. The van der Waals surface area contributed by atoms with Crippen LogP contribution in [0.3, 0.4) is 0 Å². The lowest BCUT2D eigenvalue weighted by Crippen LogP contribution is -2.09. The largest absolute Gasteiger partial charge is 0.462 e. The Kier molecular flexibility index (Phi) is 8.59. The lowest BCUT2D eigenvalue weighted by Gasteiger charge is -2.06. The fourth-order valence-corrected chi connectivity index (χ4v) is 2.52. The van der Waals surface area contributed by atoms with Gasteiger partial charge in [-0.2, -0.15) is 0 Å². The number of hydrogen-bond acceptors (Lipinski definition) is 3. The molecule has 2 aromatic rings. The summed E-state index contributed by atoms with van der Waals surface area (Å²) in [7, 11) is 0. The first-order valence-electron chi connectivity index (χ1n) is 9.10. The average molecular weight is 386 g/mol. The summed E-state index contributed by atoms with van der Waals surface area (Å²) in [5.41, 5.74) is 1.96. The molecule has 0 spiro atoms. The van der Waals surface area contributed by atoms with Crippen LogP contribution in [0.15, 0.2) is 54.6 Å². The molecular weight excluding hydrogens is 362 g/mol. The lowest BCUT2D eigenvalue weighted by atomic mass is 10.2. The van der Waals surface area contributed by atoms with Crippen LogP contribution in [-0.2, 0) is 9.53 Å². The van der Waals surface area contributed by atoms with E-state index in [0.717, 1.165) is 31.2 Å². The normalized spacial score (nSPS) is 10.7.